The lowest BCUT2D eigenvalue weighted by atomic mass is 9.88. The van der Waals surface area contributed by atoms with Crippen LogP contribution in [0.5, 0.6) is 0 Å². The van der Waals surface area contributed by atoms with Crippen LogP contribution in [0.15, 0.2) is 24.4 Å². The molecule has 0 saturated carbocycles. The van der Waals surface area contributed by atoms with E-state index in [0.717, 1.165) is 24.4 Å². The number of nitrogens with zero attached hydrogens (tertiary/aromatic N) is 4. The summed E-state index contributed by atoms with van der Waals surface area (Å²) in [6.07, 6.45) is 3.46. The molecule has 0 fully saturated rings. The number of nitrogens with one attached hydrogen (secondary N) is 1. The molecule has 0 radical (unpaired) electrons. The van der Waals surface area contributed by atoms with Crippen molar-refractivity contribution < 1.29 is 0 Å². The lowest BCUT2D eigenvalue weighted by molar-refractivity contribution is 0.302. The minimum Gasteiger partial charge on any atom is -0.307 e. The van der Waals surface area contributed by atoms with Crippen molar-refractivity contribution in [2.75, 3.05) is 6.54 Å². The van der Waals surface area contributed by atoms with Crippen molar-refractivity contribution >= 4 is 5.65 Å². The van der Waals surface area contributed by atoms with E-state index < -0.39 is 0 Å². The highest BCUT2D eigenvalue weighted by Crippen LogP contribution is 2.22. The second-order valence-electron chi connectivity index (χ2n) is 5.91. The average Bonchev–Trinajstić information content (AvgIpc) is 2.87. The van der Waals surface area contributed by atoms with E-state index in [9.17, 15) is 0 Å². The first-order valence-corrected chi connectivity index (χ1v) is 6.93. The highest BCUT2D eigenvalue weighted by atomic mass is 15.3. The molecular formula is C15H21N5. The second-order valence-corrected chi connectivity index (χ2v) is 5.91. The van der Waals surface area contributed by atoms with Gasteiger partial charge >= 0.3 is 0 Å². The molecular weight excluding hydrogens is 250 g/mol. The maximum absolute atomic E-state index is 8.68. The van der Waals surface area contributed by atoms with Crippen molar-refractivity contribution in [2.45, 2.75) is 39.7 Å². The molecule has 2 aromatic rings. The Balaban J connectivity index is 2.02. The van der Waals surface area contributed by atoms with Gasteiger partial charge in [0.1, 0.15) is 0 Å². The van der Waals surface area contributed by atoms with Crippen LogP contribution >= 0.6 is 0 Å². The smallest absolute Gasteiger partial charge is 0.160 e. The first-order chi connectivity index (χ1) is 9.53. The van der Waals surface area contributed by atoms with Gasteiger partial charge in [0.25, 0.3) is 0 Å². The van der Waals surface area contributed by atoms with E-state index in [0.29, 0.717) is 6.42 Å². The molecule has 0 aliphatic carbocycles. The molecule has 5 heteroatoms. The topological polar surface area (TPSA) is 66.0 Å². The monoisotopic (exact) mass is 271 g/mol. The van der Waals surface area contributed by atoms with Crippen LogP contribution in [0.25, 0.3) is 5.65 Å². The molecule has 2 aromatic heterocycles. The highest BCUT2D eigenvalue weighted by Gasteiger charge is 2.20. The Morgan fingerprint density at radius 3 is 2.95 bits per heavy atom. The third-order valence-corrected chi connectivity index (χ3v) is 3.53. The zero-order chi connectivity index (χ0) is 14.6. The van der Waals surface area contributed by atoms with Crippen LogP contribution in [-0.4, -0.2) is 21.1 Å². The van der Waals surface area contributed by atoms with Gasteiger partial charge in [0, 0.05) is 19.2 Å². The van der Waals surface area contributed by atoms with Crippen molar-refractivity contribution in [2.24, 2.45) is 5.41 Å². The summed E-state index contributed by atoms with van der Waals surface area (Å²) in [4.78, 5) is 0. The van der Waals surface area contributed by atoms with Gasteiger partial charge in [-0.2, -0.15) is 5.26 Å². The van der Waals surface area contributed by atoms with Gasteiger partial charge in [-0.3, -0.25) is 4.40 Å². The van der Waals surface area contributed by atoms with Crippen molar-refractivity contribution in [3.63, 3.8) is 0 Å². The molecule has 0 bridgehead atoms. The van der Waals surface area contributed by atoms with Gasteiger partial charge in [0.15, 0.2) is 11.5 Å². The predicted molar refractivity (Wildman–Crippen MR) is 78.0 cm³/mol. The average molecular weight is 271 g/mol. The fourth-order valence-electron chi connectivity index (χ4n) is 2.16. The minimum absolute atomic E-state index is 0.102. The van der Waals surface area contributed by atoms with Gasteiger partial charge in [-0.1, -0.05) is 19.9 Å². The Morgan fingerprint density at radius 2 is 2.20 bits per heavy atom. The van der Waals surface area contributed by atoms with Crippen molar-refractivity contribution in [1.82, 2.24) is 19.9 Å². The van der Waals surface area contributed by atoms with E-state index in [4.69, 9.17) is 5.26 Å². The Bertz CT molecular complexity index is 608. The van der Waals surface area contributed by atoms with E-state index in [2.05, 4.69) is 42.4 Å². The summed E-state index contributed by atoms with van der Waals surface area (Å²) in [6.45, 7) is 7.28. The van der Waals surface area contributed by atoms with Crippen molar-refractivity contribution in [3.05, 3.63) is 30.2 Å². The molecule has 0 spiro atoms. The van der Waals surface area contributed by atoms with E-state index in [-0.39, 0.29) is 11.5 Å². The van der Waals surface area contributed by atoms with Gasteiger partial charge in [-0.25, -0.2) is 0 Å². The van der Waals surface area contributed by atoms with Crippen LogP contribution in [0.1, 0.15) is 45.5 Å². The molecule has 2 rings (SSSR count). The Labute approximate surface area is 119 Å². The molecule has 0 aromatic carbocycles. The van der Waals surface area contributed by atoms with Gasteiger partial charge in [-0.15, -0.1) is 10.2 Å². The standard InChI is InChI=1S/C15H21N5/c1-12(17-11-15(2,3)8-6-9-16)14-19-18-13-7-4-5-10-20(13)14/h4-5,7,10,12,17H,6,8,11H2,1-3H3. The zero-order valence-corrected chi connectivity index (χ0v) is 12.3. The largest absolute Gasteiger partial charge is 0.307 e. The maximum Gasteiger partial charge on any atom is 0.160 e. The maximum atomic E-state index is 8.68. The molecule has 1 N–H and O–H groups in total. The summed E-state index contributed by atoms with van der Waals surface area (Å²) in [5, 5.41) is 20.6. The fourth-order valence-corrected chi connectivity index (χ4v) is 2.16. The lowest BCUT2D eigenvalue weighted by Gasteiger charge is -2.25. The van der Waals surface area contributed by atoms with Crippen LogP contribution in [0, 0.1) is 16.7 Å². The van der Waals surface area contributed by atoms with E-state index in [1.807, 2.05) is 28.8 Å². The molecule has 1 atom stereocenters. The summed E-state index contributed by atoms with van der Waals surface area (Å²) in [5.41, 5.74) is 0.963. The summed E-state index contributed by atoms with van der Waals surface area (Å²) >= 11 is 0. The molecule has 0 amide bonds. The third kappa shape index (κ3) is 3.34. The summed E-state index contributed by atoms with van der Waals surface area (Å²) in [6, 6.07) is 8.20. The number of hydrogen-bond donors (Lipinski definition) is 1. The van der Waals surface area contributed by atoms with E-state index >= 15 is 0 Å². The van der Waals surface area contributed by atoms with Gasteiger partial charge in [0.05, 0.1) is 12.1 Å². The molecule has 20 heavy (non-hydrogen) atoms. The number of aromatic nitrogens is 3. The normalized spacial score (nSPS) is 13.3. The van der Waals surface area contributed by atoms with Crippen LogP contribution < -0.4 is 5.32 Å². The number of pyridine rings is 1. The number of nitriles is 1. The lowest BCUT2D eigenvalue weighted by Crippen LogP contribution is -2.32. The molecule has 1 unspecified atom stereocenters. The Kier molecular flexibility index (Phi) is 4.35. The van der Waals surface area contributed by atoms with Crippen molar-refractivity contribution in [3.8, 4) is 6.07 Å². The second kappa shape index (κ2) is 6.02. The van der Waals surface area contributed by atoms with Crippen LogP contribution in [0.4, 0.5) is 0 Å². The minimum atomic E-state index is 0.102. The quantitative estimate of drug-likeness (QED) is 0.877. The van der Waals surface area contributed by atoms with Crippen LogP contribution in [-0.2, 0) is 0 Å². The molecule has 5 nitrogen and oxygen atoms in total. The third-order valence-electron chi connectivity index (χ3n) is 3.53. The van der Waals surface area contributed by atoms with Crippen molar-refractivity contribution in [1.29, 1.82) is 5.26 Å². The molecule has 0 aliphatic rings. The molecule has 106 valence electrons. The molecule has 0 aliphatic heterocycles. The number of hydrogen-bond acceptors (Lipinski definition) is 4. The SMILES string of the molecule is CC(NCC(C)(C)CCC#N)c1nnc2ccccn12. The fraction of sp³-hybridized carbons (Fsp3) is 0.533. The molecule has 2 heterocycles. The Hall–Kier alpha value is -1.93. The van der Waals surface area contributed by atoms with Gasteiger partial charge in [0.2, 0.25) is 0 Å². The van der Waals surface area contributed by atoms with Gasteiger partial charge < -0.3 is 5.32 Å². The van der Waals surface area contributed by atoms with E-state index in [1.165, 1.54) is 0 Å². The van der Waals surface area contributed by atoms with Gasteiger partial charge in [-0.05, 0) is 30.9 Å². The number of fused-ring (bicyclic) bond motifs is 1. The first kappa shape index (κ1) is 14.5. The number of rotatable bonds is 6. The summed E-state index contributed by atoms with van der Waals surface area (Å²) < 4.78 is 2.00. The summed E-state index contributed by atoms with van der Waals surface area (Å²) in [5.74, 6) is 0.914. The zero-order valence-electron chi connectivity index (χ0n) is 12.3. The highest BCUT2D eigenvalue weighted by molar-refractivity contribution is 5.37. The first-order valence-electron chi connectivity index (χ1n) is 6.93. The Morgan fingerprint density at radius 1 is 1.40 bits per heavy atom. The van der Waals surface area contributed by atoms with E-state index in [1.54, 1.807) is 0 Å². The predicted octanol–water partition coefficient (Wildman–Crippen LogP) is 2.71. The molecule has 0 saturated heterocycles. The van der Waals surface area contributed by atoms with Crippen LogP contribution in [0.3, 0.4) is 0 Å². The summed E-state index contributed by atoms with van der Waals surface area (Å²) in [7, 11) is 0. The van der Waals surface area contributed by atoms with Crippen LogP contribution in [0.2, 0.25) is 0 Å².